The maximum atomic E-state index is 14.7. The quantitative estimate of drug-likeness (QED) is 0.0724. The third-order valence-electron chi connectivity index (χ3n) is 9.81. The Hall–Kier alpha value is -4.73. The number of benzene rings is 2. The number of ketones is 1. The fourth-order valence-corrected chi connectivity index (χ4v) is 6.40. The molecule has 0 aliphatic carbocycles. The van der Waals surface area contributed by atoms with Gasteiger partial charge in [0.2, 0.25) is 5.78 Å². The number of hydrogen-bond donors (Lipinski definition) is 1. The Bertz CT molecular complexity index is 1850. The van der Waals surface area contributed by atoms with Gasteiger partial charge in [-0.1, -0.05) is 97.5 Å². The Labute approximate surface area is 328 Å². The summed E-state index contributed by atoms with van der Waals surface area (Å²) in [6.45, 7) is 9.03. The van der Waals surface area contributed by atoms with Gasteiger partial charge in [-0.2, -0.15) is 26.3 Å². The molecule has 0 spiro atoms. The monoisotopic (exact) mass is 810 g/mol. The zero-order valence-corrected chi connectivity index (χ0v) is 32.9. The van der Waals surface area contributed by atoms with Crippen LogP contribution in [0.4, 0.5) is 26.3 Å². The first-order valence-electron chi connectivity index (χ1n) is 17.9. The largest absolute Gasteiger partial charge is 0.459 e. The Morgan fingerprint density at radius 3 is 1.74 bits per heavy atom. The molecule has 312 valence electrons. The van der Waals surface area contributed by atoms with Crippen molar-refractivity contribution in [3.8, 4) is 0 Å². The molecule has 1 N–H and O–H groups in total. The van der Waals surface area contributed by atoms with Crippen LogP contribution >= 0.6 is 0 Å². The second-order valence-corrected chi connectivity index (χ2v) is 13.8. The molecule has 15 heteroatoms. The molecule has 0 saturated heterocycles. The van der Waals surface area contributed by atoms with Crippen LogP contribution in [0.5, 0.6) is 0 Å². The van der Waals surface area contributed by atoms with Gasteiger partial charge in [0, 0.05) is 50.2 Å². The van der Waals surface area contributed by atoms with E-state index in [-0.39, 0.29) is 30.6 Å². The lowest BCUT2D eigenvalue weighted by molar-refractivity contribution is -0.279. The van der Waals surface area contributed by atoms with E-state index in [0.717, 1.165) is 45.4 Å². The Morgan fingerprint density at radius 1 is 0.860 bits per heavy atom. The van der Waals surface area contributed by atoms with Crippen molar-refractivity contribution in [2.75, 3.05) is 14.2 Å². The molecule has 0 bridgehead atoms. The number of hydrogen-bond acceptors (Lipinski definition) is 9. The van der Waals surface area contributed by atoms with Gasteiger partial charge >= 0.3 is 24.3 Å². The summed E-state index contributed by atoms with van der Waals surface area (Å²) in [5.41, 5.74) is -6.76. The summed E-state index contributed by atoms with van der Waals surface area (Å²) >= 11 is 0. The summed E-state index contributed by atoms with van der Waals surface area (Å²) in [5, 5.41) is 10.4. The third kappa shape index (κ3) is 10.1. The van der Waals surface area contributed by atoms with E-state index in [2.05, 4.69) is 0 Å². The van der Waals surface area contributed by atoms with Crippen molar-refractivity contribution in [2.24, 2.45) is 5.92 Å². The van der Waals surface area contributed by atoms with E-state index in [1.807, 2.05) is 0 Å². The normalized spacial score (nSPS) is 20.7. The minimum atomic E-state index is -5.25. The lowest BCUT2D eigenvalue weighted by Crippen LogP contribution is -2.53. The van der Waals surface area contributed by atoms with Gasteiger partial charge in [0.05, 0.1) is 0 Å². The number of alkyl halides is 6. The van der Waals surface area contributed by atoms with E-state index < -0.39 is 76.3 Å². The number of esters is 2. The summed E-state index contributed by atoms with van der Waals surface area (Å²) in [6, 6.07) is 12.7. The Balaban J connectivity index is 1.88. The first-order chi connectivity index (χ1) is 26.5. The predicted octanol–water partition coefficient (Wildman–Crippen LogP) is 8.88. The third-order valence-corrected chi connectivity index (χ3v) is 9.81. The van der Waals surface area contributed by atoms with Crippen LogP contribution in [-0.4, -0.2) is 67.4 Å². The van der Waals surface area contributed by atoms with Crippen LogP contribution in [0, 0.1) is 5.92 Å². The van der Waals surface area contributed by atoms with Crippen molar-refractivity contribution in [3.63, 3.8) is 0 Å². The lowest BCUT2D eigenvalue weighted by atomic mass is 9.91. The number of rotatable bonds is 17. The zero-order valence-electron chi connectivity index (χ0n) is 32.9. The standard InChI is InChI=1S/C42H48F6O9/c1-9-27(3)34(56-37(51)40(54-8,42(46,47)48)31-21-14-11-15-22-31)28(4)18-16-17-26(2)23-24-32(25-33-29(5)35(49)38(6,52)57-33)55-36(50)39(53-7,41(43,44)45)30-19-12-10-13-20-30/h9-22,28,32,34,52H,23-25H2,1-8H3/b18-16+,26-17-,27-9-/t28-,32-,34+,38-,39-,40-/m1/s1. The molecule has 0 amide bonds. The molecular weight excluding hydrogens is 762 g/mol. The lowest BCUT2D eigenvalue weighted by Gasteiger charge is -2.34. The van der Waals surface area contributed by atoms with Crippen LogP contribution in [0.2, 0.25) is 0 Å². The Morgan fingerprint density at radius 2 is 1.33 bits per heavy atom. The van der Waals surface area contributed by atoms with Crippen molar-refractivity contribution < 1.29 is 69.5 Å². The maximum Gasteiger partial charge on any atom is 0.432 e. The van der Waals surface area contributed by atoms with E-state index in [1.54, 1.807) is 52.0 Å². The van der Waals surface area contributed by atoms with Crippen LogP contribution in [0.15, 0.2) is 107 Å². The maximum absolute atomic E-state index is 14.7. The zero-order chi connectivity index (χ0) is 43.0. The van der Waals surface area contributed by atoms with Crippen LogP contribution in [0.25, 0.3) is 0 Å². The first-order valence-corrected chi connectivity index (χ1v) is 17.9. The smallest absolute Gasteiger partial charge is 0.432 e. The molecular formula is C42H48F6O9. The molecule has 3 rings (SSSR count). The number of aliphatic hydroxyl groups is 1. The van der Waals surface area contributed by atoms with Gasteiger partial charge < -0.3 is 28.8 Å². The fraction of sp³-hybridized carbons (Fsp3) is 0.452. The average Bonchev–Trinajstić information content (AvgIpc) is 3.34. The molecule has 0 radical (unpaired) electrons. The molecule has 0 saturated carbocycles. The molecule has 2 aromatic carbocycles. The number of Topliss-reactive ketones (excluding diaryl/α,β-unsaturated/α-hetero) is 1. The van der Waals surface area contributed by atoms with Crippen molar-refractivity contribution in [1.29, 1.82) is 0 Å². The van der Waals surface area contributed by atoms with E-state index in [1.165, 1.54) is 43.3 Å². The molecule has 0 fully saturated rings. The van der Waals surface area contributed by atoms with Gasteiger partial charge in [0.1, 0.15) is 18.0 Å². The van der Waals surface area contributed by atoms with Gasteiger partial charge in [-0.25, -0.2) is 9.59 Å². The summed E-state index contributed by atoms with van der Waals surface area (Å²) in [5.74, 6) is -7.11. The average molecular weight is 811 g/mol. The topological polar surface area (TPSA) is 118 Å². The first kappa shape index (κ1) is 46.7. The number of ether oxygens (including phenoxy) is 5. The van der Waals surface area contributed by atoms with Crippen molar-refractivity contribution in [3.05, 3.63) is 119 Å². The summed E-state index contributed by atoms with van der Waals surface area (Å²) in [7, 11) is 1.51. The van der Waals surface area contributed by atoms with Crippen molar-refractivity contribution >= 4 is 17.7 Å². The minimum absolute atomic E-state index is 0.00976. The second kappa shape index (κ2) is 18.7. The van der Waals surface area contributed by atoms with E-state index in [9.17, 15) is 45.8 Å². The van der Waals surface area contributed by atoms with Crippen LogP contribution in [-0.2, 0) is 49.3 Å². The number of methoxy groups -OCH3 is 2. The number of halogens is 6. The molecule has 9 nitrogen and oxygen atoms in total. The van der Waals surface area contributed by atoms with Gasteiger partial charge in [-0.3, -0.25) is 4.79 Å². The van der Waals surface area contributed by atoms with Crippen molar-refractivity contribution in [1.82, 2.24) is 0 Å². The highest BCUT2D eigenvalue weighted by Gasteiger charge is 2.65. The number of allylic oxidation sites excluding steroid dienone is 4. The molecule has 2 aromatic rings. The highest BCUT2D eigenvalue weighted by Crippen LogP contribution is 2.45. The SMILES string of the molecule is C/C=C(/C)[C@H](OC(=O)[C@](OC)(c1ccccc1)C(F)(F)F)[C@H](C)/C=C/C=C(/C)CC[C@H](CC1=C(C)C(=O)[C@](C)(O)O1)OC(=O)[C@](OC)(c1ccccc1)C(F)(F)F. The van der Waals surface area contributed by atoms with Crippen LogP contribution in [0.1, 0.15) is 71.9 Å². The van der Waals surface area contributed by atoms with Crippen LogP contribution < -0.4 is 0 Å². The molecule has 57 heavy (non-hydrogen) atoms. The van der Waals surface area contributed by atoms with Crippen LogP contribution in [0.3, 0.4) is 0 Å². The van der Waals surface area contributed by atoms with Gasteiger partial charge in [0.15, 0.2) is 0 Å². The Kier molecular flexibility index (Phi) is 15.3. The molecule has 6 atom stereocenters. The fourth-order valence-electron chi connectivity index (χ4n) is 6.40. The van der Waals surface area contributed by atoms with E-state index in [4.69, 9.17) is 23.7 Å². The van der Waals surface area contributed by atoms with Gasteiger partial charge in [-0.05, 0) is 46.1 Å². The summed E-state index contributed by atoms with van der Waals surface area (Å²) in [6.07, 6.45) is -6.77. The minimum Gasteiger partial charge on any atom is -0.459 e. The highest BCUT2D eigenvalue weighted by molar-refractivity contribution is 6.02. The summed E-state index contributed by atoms with van der Waals surface area (Å²) in [4.78, 5) is 39.5. The predicted molar refractivity (Wildman–Crippen MR) is 197 cm³/mol. The van der Waals surface area contributed by atoms with Crippen molar-refractivity contribution in [2.45, 2.75) is 102 Å². The van der Waals surface area contributed by atoms with Gasteiger partial charge in [-0.15, -0.1) is 0 Å². The molecule has 1 heterocycles. The molecule has 0 unspecified atom stereocenters. The van der Waals surface area contributed by atoms with Gasteiger partial charge in [0.25, 0.3) is 17.0 Å². The highest BCUT2D eigenvalue weighted by atomic mass is 19.4. The number of carbonyl (C=O) groups is 3. The van der Waals surface area contributed by atoms with E-state index >= 15 is 0 Å². The molecule has 1 aliphatic heterocycles. The molecule has 1 aliphatic rings. The number of carbonyl (C=O) groups excluding carboxylic acids is 3. The second-order valence-electron chi connectivity index (χ2n) is 13.8. The molecule has 0 aromatic heterocycles. The summed E-state index contributed by atoms with van der Waals surface area (Å²) < 4.78 is 114. The van der Waals surface area contributed by atoms with E-state index in [0.29, 0.717) is 11.1 Å².